The summed E-state index contributed by atoms with van der Waals surface area (Å²) in [7, 11) is 1.61. The SMILES string of the molecule is COCC[N+]1(OC(C)=O)CCCCC1C(C)=O. The maximum atomic E-state index is 11.7. The van der Waals surface area contributed by atoms with Crippen LogP contribution < -0.4 is 0 Å². The minimum atomic E-state index is -0.339. The fraction of sp³-hybridized carbons (Fsp3) is 0.833. The van der Waals surface area contributed by atoms with Gasteiger partial charge in [0.1, 0.15) is 13.1 Å². The van der Waals surface area contributed by atoms with E-state index in [2.05, 4.69) is 0 Å². The molecule has 0 aromatic rings. The number of piperidine rings is 1. The largest absolute Gasteiger partial charge is 0.379 e. The Morgan fingerprint density at radius 3 is 2.53 bits per heavy atom. The fourth-order valence-electron chi connectivity index (χ4n) is 2.57. The van der Waals surface area contributed by atoms with Crippen LogP contribution in [0.1, 0.15) is 33.1 Å². The maximum absolute atomic E-state index is 11.7. The number of likely N-dealkylation sites (tertiary alicyclic amines) is 1. The van der Waals surface area contributed by atoms with Gasteiger partial charge in [-0.1, -0.05) is 0 Å². The van der Waals surface area contributed by atoms with E-state index in [1.54, 1.807) is 14.0 Å². The maximum Gasteiger partial charge on any atom is 0.363 e. The Hall–Kier alpha value is -0.940. The van der Waals surface area contributed by atoms with E-state index >= 15 is 0 Å². The van der Waals surface area contributed by atoms with Crippen molar-refractivity contribution < 1.29 is 23.8 Å². The molecule has 0 saturated carbocycles. The lowest BCUT2D eigenvalue weighted by atomic mass is 9.98. The first-order chi connectivity index (χ1) is 8.02. The number of ether oxygens (including phenoxy) is 1. The average molecular weight is 244 g/mol. The number of methoxy groups -OCH3 is 1. The highest BCUT2D eigenvalue weighted by molar-refractivity contribution is 5.80. The molecule has 98 valence electrons. The standard InChI is InChI=1S/C12H22NO4/c1-10(14)12-6-4-5-7-13(12,8-9-16-3)17-11(2)15/h12H,4-9H2,1-3H3/q+1. The van der Waals surface area contributed by atoms with E-state index in [9.17, 15) is 9.59 Å². The van der Waals surface area contributed by atoms with Crippen LogP contribution in [0.15, 0.2) is 0 Å². The normalized spacial score (nSPS) is 28.8. The summed E-state index contributed by atoms with van der Waals surface area (Å²) in [4.78, 5) is 28.4. The molecule has 1 aliphatic heterocycles. The van der Waals surface area contributed by atoms with Crippen molar-refractivity contribution in [1.29, 1.82) is 0 Å². The van der Waals surface area contributed by atoms with Gasteiger partial charge in [0.05, 0.1) is 6.61 Å². The molecule has 17 heavy (non-hydrogen) atoms. The van der Waals surface area contributed by atoms with Gasteiger partial charge in [-0.15, -0.1) is 4.65 Å². The average Bonchev–Trinajstić information content (AvgIpc) is 2.26. The molecule has 1 saturated heterocycles. The first-order valence-electron chi connectivity index (χ1n) is 6.08. The molecule has 1 fully saturated rings. The third-order valence-corrected chi connectivity index (χ3v) is 3.29. The van der Waals surface area contributed by atoms with E-state index in [1.165, 1.54) is 6.92 Å². The quantitative estimate of drug-likeness (QED) is 0.679. The zero-order chi connectivity index (χ0) is 12.9. The molecule has 0 bridgehead atoms. The third kappa shape index (κ3) is 3.51. The summed E-state index contributed by atoms with van der Waals surface area (Å²) in [5.41, 5.74) is 0. The van der Waals surface area contributed by atoms with Crippen LogP contribution >= 0.6 is 0 Å². The van der Waals surface area contributed by atoms with Crippen molar-refractivity contribution in [2.24, 2.45) is 0 Å². The number of quaternary nitrogens is 1. The number of carbonyl (C=O) groups excluding carboxylic acids is 2. The zero-order valence-corrected chi connectivity index (χ0v) is 10.9. The Balaban J connectivity index is 2.89. The van der Waals surface area contributed by atoms with E-state index in [1.807, 2.05) is 0 Å². The lowest BCUT2D eigenvalue weighted by Crippen LogP contribution is -2.62. The summed E-state index contributed by atoms with van der Waals surface area (Å²) in [6.07, 6.45) is 2.77. The minimum Gasteiger partial charge on any atom is -0.379 e. The summed E-state index contributed by atoms with van der Waals surface area (Å²) in [6.45, 7) is 4.68. The Labute approximate surface area is 102 Å². The second-order valence-corrected chi connectivity index (χ2v) is 4.60. The van der Waals surface area contributed by atoms with E-state index in [4.69, 9.17) is 9.57 Å². The number of rotatable bonds is 5. The van der Waals surface area contributed by atoms with Crippen LogP contribution in [0.4, 0.5) is 0 Å². The Morgan fingerprint density at radius 2 is 2.00 bits per heavy atom. The Bertz CT molecular complexity index is 292. The molecule has 1 aliphatic rings. The van der Waals surface area contributed by atoms with Gasteiger partial charge in [-0.3, -0.25) is 9.63 Å². The first-order valence-corrected chi connectivity index (χ1v) is 6.08. The van der Waals surface area contributed by atoms with E-state index in [0.717, 1.165) is 19.3 Å². The van der Waals surface area contributed by atoms with Gasteiger partial charge < -0.3 is 4.74 Å². The van der Waals surface area contributed by atoms with Gasteiger partial charge in [0.15, 0.2) is 11.8 Å². The van der Waals surface area contributed by atoms with Crippen molar-refractivity contribution >= 4 is 11.8 Å². The minimum absolute atomic E-state index is 0.0852. The number of carbonyl (C=O) groups is 2. The molecule has 1 rings (SSSR count). The summed E-state index contributed by atoms with van der Waals surface area (Å²) in [6, 6.07) is -0.234. The second-order valence-electron chi connectivity index (χ2n) is 4.60. The van der Waals surface area contributed by atoms with Gasteiger partial charge in [0, 0.05) is 33.8 Å². The van der Waals surface area contributed by atoms with Crippen LogP contribution in [0.5, 0.6) is 0 Å². The number of hydrogen-bond donors (Lipinski definition) is 0. The lowest BCUT2D eigenvalue weighted by molar-refractivity contribution is -1.10. The topological polar surface area (TPSA) is 52.6 Å². The highest BCUT2D eigenvalue weighted by Gasteiger charge is 2.46. The van der Waals surface area contributed by atoms with Crippen LogP contribution in [-0.4, -0.2) is 49.2 Å². The summed E-state index contributed by atoms with van der Waals surface area (Å²) in [5, 5.41) is 0. The Morgan fingerprint density at radius 1 is 1.29 bits per heavy atom. The predicted octanol–water partition coefficient (Wildman–Crippen LogP) is 1.07. The highest BCUT2D eigenvalue weighted by Crippen LogP contribution is 2.27. The fourth-order valence-corrected chi connectivity index (χ4v) is 2.57. The first kappa shape index (κ1) is 14.1. The predicted molar refractivity (Wildman–Crippen MR) is 62.0 cm³/mol. The van der Waals surface area contributed by atoms with Gasteiger partial charge in [-0.2, -0.15) is 0 Å². The molecule has 0 radical (unpaired) electrons. The van der Waals surface area contributed by atoms with Crippen molar-refractivity contribution in [2.45, 2.75) is 39.2 Å². The van der Waals surface area contributed by atoms with E-state index in [-0.39, 0.29) is 22.4 Å². The van der Waals surface area contributed by atoms with Crippen molar-refractivity contribution in [3.63, 3.8) is 0 Å². The molecule has 0 aromatic heterocycles. The Kier molecular flexibility index (Phi) is 5.08. The number of Topliss-reactive ketones (excluding diaryl/α,β-unsaturated/α-hetero) is 1. The van der Waals surface area contributed by atoms with E-state index in [0.29, 0.717) is 19.7 Å². The monoisotopic (exact) mass is 244 g/mol. The molecule has 1 heterocycles. The van der Waals surface area contributed by atoms with Crippen LogP contribution in [0.3, 0.4) is 0 Å². The molecular formula is C12H22NO4+. The van der Waals surface area contributed by atoms with Gasteiger partial charge in [-0.05, 0) is 6.42 Å². The number of nitrogens with zero attached hydrogens (tertiary/aromatic N) is 1. The third-order valence-electron chi connectivity index (χ3n) is 3.29. The molecule has 0 spiro atoms. The molecule has 2 unspecified atom stereocenters. The summed E-state index contributed by atoms with van der Waals surface area (Å²) < 4.78 is 5.17. The van der Waals surface area contributed by atoms with Crippen LogP contribution in [0.25, 0.3) is 0 Å². The number of hydrogen-bond acceptors (Lipinski definition) is 4. The van der Waals surface area contributed by atoms with Crippen molar-refractivity contribution in [2.75, 3.05) is 26.8 Å². The summed E-state index contributed by atoms with van der Waals surface area (Å²) in [5.74, 6) is -0.253. The molecule has 2 atom stereocenters. The molecule has 0 aliphatic carbocycles. The van der Waals surface area contributed by atoms with Gasteiger partial charge in [0.25, 0.3) is 0 Å². The lowest BCUT2D eigenvalue weighted by Gasteiger charge is -2.42. The van der Waals surface area contributed by atoms with E-state index < -0.39 is 0 Å². The number of hydroxylamine groups is 3. The molecule has 0 N–H and O–H groups in total. The van der Waals surface area contributed by atoms with Crippen molar-refractivity contribution in [1.82, 2.24) is 0 Å². The molecule has 0 aromatic carbocycles. The van der Waals surface area contributed by atoms with Crippen LogP contribution in [0, 0.1) is 0 Å². The van der Waals surface area contributed by atoms with Crippen LogP contribution in [0.2, 0.25) is 0 Å². The molecule has 5 heteroatoms. The second kappa shape index (κ2) is 6.12. The highest BCUT2D eigenvalue weighted by atomic mass is 16.7. The van der Waals surface area contributed by atoms with Crippen molar-refractivity contribution in [3.05, 3.63) is 0 Å². The van der Waals surface area contributed by atoms with Crippen molar-refractivity contribution in [3.8, 4) is 0 Å². The molecular weight excluding hydrogens is 222 g/mol. The molecule has 0 amide bonds. The van der Waals surface area contributed by atoms with Gasteiger partial charge in [0.2, 0.25) is 0 Å². The van der Waals surface area contributed by atoms with Gasteiger partial charge in [-0.25, -0.2) is 4.79 Å². The smallest absolute Gasteiger partial charge is 0.363 e. The number of ketones is 1. The molecule has 5 nitrogen and oxygen atoms in total. The zero-order valence-electron chi connectivity index (χ0n) is 10.9. The van der Waals surface area contributed by atoms with Crippen LogP contribution in [-0.2, 0) is 19.2 Å². The summed E-state index contributed by atoms with van der Waals surface area (Å²) >= 11 is 0. The van der Waals surface area contributed by atoms with Gasteiger partial charge >= 0.3 is 5.97 Å².